The van der Waals surface area contributed by atoms with Crippen molar-refractivity contribution in [3.05, 3.63) is 34.9 Å². The molecule has 16 heavy (non-hydrogen) atoms. The zero-order valence-electron chi connectivity index (χ0n) is 8.93. The Balaban J connectivity index is 2.40. The van der Waals surface area contributed by atoms with Crippen LogP contribution in [-0.4, -0.2) is 10.7 Å². The highest BCUT2D eigenvalue weighted by Crippen LogP contribution is 2.42. The van der Waals surface area contributed by atoms with E-state index >= 15 is 0 Å². The van der Waals surface area contributed by atoms with Gasteiger partial charge in [0.15, 0.2) is 0 Å². The van der Waals surface area contributed by atoms with E-state index in [1.807, 2.05) is 0 Å². The van der Waals surface area contributed by atoms with E-state index in [1.165, 1.54) is 6.07 Å². The highest BCUT2D eigenvalue weighted by atomic mass is 19.4. The summed E-state index contributed by atoms with van der Waals surface area (Å²) in [6, 6.07) is 4.13. The molecule has 0 unspecified atom stereocenters. The van der Waals surface area contributed by atoms with Crippen LogP contribution in [0.1, 0.15) is 29.5 Å². The Morgan fingerprint density at radius 3 is 2.44 bits per heavy atom. The van der Waals surface area contributed by atoms with Crippen LogP contribution in [0.15, 0.2) is 18.2 Å². The van der Waals surface area contributed by atoms with Gasteiger partial charge in [0.25, 0.3) is 0 Å². The first-order valence-corrected chi connectivity index (χ1v) is 5.20. The summed E-state index contributed by atoms with van der Waals surface area (Å²) in [6.45, 7) is 1.65. The molecule has 0 atom stereocenters. The van der Waals surface area contributed by atoms with Crippen molar-refractivity contribution in [1.29, 1.82) is 0 Å². The number of alkyl halides is 3. The fourth-order valence-corrected chi connectivity index (χ4v) is 1.85. The third-order valence-corrected chi connectivity index (χ3v) is 3.05. The molecule has 0 spiro atoms. The molecule has 0 heterocycles. The predicted octanol–water partition coefficient (Wildman–Crippen LogP) is 3.08. The molecule has 1 aliphatic rings. The Hall–Kier alpha value is -1.03. The summed E-state index contributed by atoms with van der Waals surface area (Å²) < 4.78 is 38.2. The van der Waals surface area contributed by atoms with Crippen molar-refractivity contribution in [2.24, 2.45) is 0 Å². The van der Waals surface area contributed by atoms with E-state index in [4.69, 9.17) is 0 Å². The topological polar surface area (TPSA) is 20.2 Å². The van der Waals surface area contributed by atoms with Gasteiger partial charge < -0.3 is 5.11 Å². The molecule has 1 aliphatic carbocycles. The minimum absolute atomic E-state index is 0.106. The van der Waals surface area contributed by atoms with Crippen LogP contribution in [0.2, 0.25) is 0 Å². The molecule has 1 nitrogen and oxygen atoms in total. The summed E-state index contributed by atoms with van der Waals surface area (Å²) in [5.74, 6) is 0. The number of aryl methyl sites for hydroxylation is 1. The molecule has 88 valence electrons. The third-order valence-electron chi connectivity index (χ3n) is 3.05. The standard InChI is InChI=1S/C12H13F3O/c1-8-3-2-4-10(12(13,14)15)9(8)7-11(16)5-6-11/h2-4,16H,5-7H2,1H3. The largest absolute Gasteiger partial charge is 0.416 e. The lowest BCUT2D eigenvalue weighted by molar-refractivity contribution is -0.138. The summed E-state index contributed by atoms with van der Waals surface area (Å²) in [7, 11) is 0. The van der Waals surface area contributed by atoms with Crippen LogP contribution < -0.4 is 0 Å². The van der Waals surface area contributed by atoms with Crippen LogP contribution in [0.4, 0.5) is 13.2 Å². The number of hydrogen-bond acceptors (Lipinski definition) is 1. The summed E-state index contributed by atoms with van der Waals surface area (Å²) in [5.41, 5.74) is -0.690. The molecule has 1 saturated carbocycles. The van der Waals surface area contributed by atoms with Gasteiger partial charge in [-0.2, -0.15) is 13.2 Å². The summed E-state index contributed by atoms with van der Waals surface area (Å²) in [6.07, 6.45) is -3.04. The smallest absolute Gasteiger partial charge is 0.390 e. The fourth-order valence-electron chi connectivity index (χ4n) is 1.85. The van der Waals surface area contributed by atoms with E-state index < -0.39 is 17.3 Å². The van der Waals surface area contributed by atoms with Gasteiger partial charge in [0.05, 0.1) is 11.2 Å². The van der Waals surface area contributed by atoms with Crippen molar-refractivity contribution in [2.75, 3.05) is 0 Å². The Kier molecular flexibility index (Phi) is 2.49. The van der Waals surface area contributed by atoms with Crippen molar-refractivity contribution in [3.8, 4) is 0 Å². The molecule has 0 bridgehead atoms. The molecular weight excluding hydrogens is 217 g/mol. The first kappa shape index (κ1) is 11.5. The maximum atomic E-state index is 12.7. The molecule has 2 rings (SSSR count). The lowest BCUT2D eigenvalue weighted by Gasteiger charge is -2.17. The minimum Gasteiger partial charge on any atom is -0.390 e. The van der Waals surface area contributed by atoms with E-state index in [0.717, 1.165) is 6.07 Å². The molecule has 1 aromatic carbocycles. The average molecular weight is 230 g/mol. The van der Waals surface area contributed by atoms with Gasteiger partial charge in [-0.25, -0.2) is 0 Å². The molecular formula is C12H13F3O. The SMILES string of the molecule is Cc1cccc(C(F)(F)F)c1CC1(O)CC1. The highest BCUT2D eigenvalue weighted by molar-refractivity contribution is 5.38. The van der Waals surface area contributed by atoms with Crippen LogP contribution in [0.5, 0.6) is 0 Å². The lowest BCUT2D eigenvalue weighted by atomic mass is 9.95. The Bertz CT molecular complexity index is 405. The van der Waals surface area contributed by atoms with Gasteiger partial charge in [-0.3, -0.25) is 0 Å². The summed E-state index contributed by atoms with van der Waals surface area (Å²) >= 11 is 0. The number of halogens is 3. The second-order valence-corrected chi connectivity index (χ2v) is 4.50. The van der Waals surface area contributed by atoms with Crippen LogP contribution in [-0.2, 0) is 12.6 Å². The molecule has 0 aromatic heterocycles. The minimum atomic E-state index is -4.34. The van der Waals surface area contributed by atoms with Gasteiger partial charge in [0.2, 0.25) is 0 Å². The monoisotopic (exact) mass is 230 g/mol. The molecule has 1 N–H and O–H groups in total. The average Bonchev–Trinajstić information content (AvgIpc) is 2.86. The van der Waals surface area contributed by atoms with Gasteiger partial charge in [0, 0.05) is 6.42 Å². The first-order chi connectivity index (χ1) is 7.32. The lowest BCUT2D eigenvalue weighted by Crippen LogP contribution is -2.17. The predicted molar refractivity (Wildman–Crippen MR) is 54.1 cm³/mol. The molecule has 0 amide bonds. The van der Waals surface area contributed by atoms with Gasteiger partial charge in [0.1, 0.15) is 0 Å². The van der Waals surface area contributed by atoms with Crippen LogP contribution in [0.3, 0.4) is 0 Å². The Morgan fingerprint density at radius 1 is 1.31 bits per heavy atom. The maximum absolute atomic E-state index is 12.7. The molecule has 0 saturated heterocycles. The van der Waals surface area contributed by atoms with E-state index in [2.05, 4.69) is 0 Å². The van der Waals surface area contributed by atoms with E-state index in [9.17, 15) is 18.3 Å². The molecule has 1 fully saturated rings. The van der Waals surface area contributed by atoms with E-state index in [-0.39, 0.29) is 12.0 Å². The zero-order valence-corrected chi connectivity index (χ0v) is 8.93. The Labute approximate surface area is 91.9 Å². The van der Waals surface area contributed by atoms with Crippen molar-refractivity contribution in [3.63, 3.8) is 0 Å². The number of rotatable bonds is 2. The highest BCUT2D eigenvalue weighted by Gasteiger charge is 2.43. The summed E-state index contributed by atoms with van der Waals surface area (Å²) in [5, 5.41) is 9.73. The molecule has 4 heteroatoms. The number of aliphatic hydroxyl groups is 1. The molecule has 0 radical (unpaired) electrons. The van der Waals surface area contributed by atoms with Crippen molar-refractivity contribution < 1.29 is 18.3 Å². The van der Waals surface area contributed by atoms with Crippen LogP contribution in [0, 0.1) is 6.92 Å². The van der Waals surface area contributed by atoms with Crippen LogP contribution in [0.25, 0.3) is 0 Å². The zero-order chi connectivity index (χ0) is 12.0. The second kappa shape index (κ2) is 3.48. The van der Waals surface area contributed by atoms with Gasteiger partial charge >= 0.3 is 6.18 Å². The van der Waals surface area contributed by atoms with Crippen molar-refractivity contribution >= 4 is 0 Å². The second-order valence-electron chi connectivity index (χ2n) is 4.50. The van der Waals surface area contributed by atoms with E-state index in [0.29, 0.717) is 18.4 Å². The normalized spacial score (nSPS) is 18.6. The molecule has 0 aliphatic heterocycles. The van der Waals surface area contributed by atoms with Crippen molar-refractivity contribution in [2.45, 2.75) is 38.0 Å². The third kappa shape index (κ3) is 2.21. The number of hydrogen-bond donors (Lipinski definition) is 1. The van der Waals surface area contributed by atoms with E-state index in [1.54, 1.807) is 13.0 Å². The molecule has 1 aromatic rings. The summed E-state index contributed by atoms with van der Waals surface area (Å²) in [4.78, 5) is 0. The van der Waals surface area contributed by atoms with Gasteiger partial charge in [-0.05, 0) is 37.0 Å². The van der Waals surface area contributed by atoms with Gasteiger partial charge in [-0.1, -0.05) is 12.1 Å². The van der Waals surface area contributed by atoms with Gasteiger partial charge in [-0.15, -0.1) is 0 Å². The Morgan fingerprint density at radius 2 is 1.94 bits per heavy atom. The van der Waals surface area contributed by atoms with Crippen LogP contribution >= 0.6 is 0 Å². The fraction of sp³-hybridized carbons (Fsp3) is 0.500. The number of benzene rings is 1. The first-order valence-electron chi connectivity index (χ1n) is 5.20. The van der Waals surface area contributed by atoms with Crippen molar-refractivity contribution in [1.82, 2.24) is 0 Å². The quantitative estimate of drug-likeness (QED) is 0.827. The maximum Gasteiger partial charge on any atom is 0.416 e.